The molecule has 1 aromatic heterocycles. The van der Waals surface area contributed by atoms with E-state index in [2.05, 4.69) is 0 Å². The van der Waals surface area contributed by atoms with E-state index in [9.17, 15) is 5.11 Å². The van der Waals surface area contributed by atoms with Gasteiger partial charge in [-0.25, -0.2) is 0 Å². The Morgan fingerprint density at radius 3 is 2.81 bits per heavy atom. The Morgan fingerprint density at radius 2 is 2.00 bits per heavy atom. The number of aromatic hydroxyl groups is 1. The van der Waals surface area contributed by atoms with Crippen molar-refractivity contribution in [2.24, 2.45) is 0 Å². The first-order valence-corrected chi connectivity index (χ1v) is 5.89. The average Bonchev–Trinajstić information content (AvgIpc) is 2.66. The molecule has 0 radical (unpaired) electrons. The highest BCUT2D eigenvalue weighted by molar-refractivity contribution is 7.26. The zero-order valence-corrected chi connectivity index (χ0v) is 9.64. The van der Waals surface area contributed by atoms with Crippen LogP contribution in [0, 0.1) is 6.92 Å². The van der Waals surface area contributed by atoms with Crippen LogP contribution in [-0.2, 0) is 0 Å². The molecule has 2 nitrogen and oxygen atoms in total. The minimum atomic E-state index is 0.322. The van der Waals surface area contributed by atoms with Crippen LogP contribution in [0.3, 0.4) is 0 Å². The van der Waals surface area contributed by atoms with Gasteiger partial charge in [-0.2, -0.15) is 0 Å². The summed E-state index contributed by atoms with van der Waals surface area (Å²) in [5.74, 6) is 0.322. The van der Waals surface area contributed by atoms with Crippen molar-refractivity contribution >= 4 is 37.2 Å². The molecule has 0 unspecified atom stereocenters. The number of phenolic OH excluding ortho intramolecular Hbond substituents is 1. The zero-order valence-electron chi connectivity index (χ0n) is 8.82. The molecule has 0 bridgehead atoms. The van der Waals surface area contributed by atoms with Crippen molar-refractivity contribution in [2.75, 3.05) is 5.73 Å². The second-order valence-corrected chi connectivity index (χ2v) is 4.98. The molecule has 0 atom stereocenters. The molecule has 0 aliphatic rings. The molecule has 3 aromatic rings. The molecular formula is C13H11NOS. The molecule has 2 aromatic carbocycles. The first kappa shape index (κ1) is 9.48. The Kier molecular flexibility index (Phi) is 1.85. The lowest BCUT2D eigenvalue weighted by molar-refractivity contribution is 0.482. The molecule has 0 aliphatic carbocycles. The van der Waals surface area contributed by atoms with E-state index >= 15 is 0 Å². The first-order valence-electron chi connectivity index (χ1n) is 5.08. The summed E-state index contributed by atoms with van der Waals surface area (Å²) < 4.78 is 2.04. The highest BCUT2D eigenvalue weighted by atomic mass is 32.1. The van der Waals surface area contributed by atoms with E-state index in [1.807, 2.05) is 31.2 Å². The average molecular weight is 229 g/mol. The number of nitrogens with two attached hydrogens (primary N) is 1. The minimum absolute atomic E-state index is 0.322. The van der Waals surface area contributed by atoms with Gasteiger partial charge in [0.15, 0.2) is 0 Å². The van der Waals surface area contributed by atoms with Gasteiger partial charge in [0, 0.05) is 21.2 Å². The lowest BCUT2D eigenvalue weighted by atomic mass is 10.1. The fourth-order valence-corrected chi connectivity index (χ4v) is 3.17. The van der Waals surface area contributed by atoms with Crippen LogP contribution in [-0.4, -0.2) is 5.11 Å². The van der Waals surface area contributed by atoms with E-state index < -0.39 is 0 Å². The Morgan fingerprint density at radius 1 is 1.25 bits per heavy atom. The van der Waals surface area contributed by atoms with Crippen molar-refractivity contribution in [3.63, 3.8) is 0 Å². The van der Waals surface area contributed by atoms with E-state index in [0.29, 0.717) is 5.75 Å². The molecule has 0 fully saturated rings. The Labute approximate surface area is 96.9 Å². The number of benzene rings is 2. The van der Waals surface area contributed by atoms with E-state index in [1.54, 1.807) is 17.4 Å². The number of rotatable bonds is 0. The van der Waals surface area contributed by atoms with Crippen LogP contribution in [0.25, 0.3) is 20.2 Å². The van der Waals surface area contributed by atoms with Gasteiger partial charge in [0.2, 0.25) is 0 Å². The molecule has 0 saturated carbocycles. The number of thiophene rings is 1. The number of fused-ring (bicyclic) bond motifs is 3. The van der Waals surface area contributed by atoms with E-state index in [-0.39, 0.29) is 0 Å². The van der Waals surface area contributed by atoms with Gasteiger partial charge in [-0.05, 0) is 24.6 Å². The third-order valence-electron chi connectivity index (χ3n) is 2.88. The number of hydrogen-bond donors (Lipinski definition) is 2. The molecule has 3 rings (SSSR count). The fourth-order valence-electron chi connectivity index (χ4n) is 2.04. The normalized spacial score (nSPS) is 11.3. The van der Waals surface area contributed by atoms with Crippen molar-refractivity contribution < 1.29 is 5.11 Å². The number of hydrogen-bond acceptors (Lipinski definition) is 3. The molecule has 0 saturated heterocycles. The van der Waals surface area contributed by atoms with E-state index in [4.69, 9.17) is 5.73 Å². The first-order chi connectivity index (χ1) is 7.68. The lowest BCUT2D eigenvalue weighted by Crippen LogP contribution is -1.89. The van der Waals surface area contributed by atoms with Crippen molar-refractivity contribution in [3.8, 4) is 5.75 Å². The van der Waals surface area contributed by atoms with Crippen molar-refractivity contribution in [2.45, 2.75) is 6.92 Å². The maximum absolute atomic E-state index is 9.93. The largest absolute Gasteiger partial charge is 0.506 e. The van der Waals surface area contributed by atoms with Gasteiger partial charge in [-0.3, -0.25) is 0 Å². The van der Waals surface area contributed by atoms with Gasteiger partial charge in [-0.1, -0.05) is 18.2 Å². The van der Waals surface area contributed by atoms with Gasteiger partial charge >= 0.3 is 0 Å². The number of nitrogen functional groups attached to an aromatic ring is 1. The summed E-state index contributed by atoms with van der Waals surface area (Å²) in [6.07, 6.45) is 0. The standard InChI is InChI=1S/C13H11NOS/c1-7-6-9(15)13-11(12(7)14)8-4-2-3-5-10(8)16-13/h2-6,15H,14H2,1H3. The quantitative estimate of drug-likeness (QED) is 0.456. The SMILES string of the molecule is Cc1cc(O)c2sc3ccccc3c2c1N. The van der Waals surface area contributed by atoms with Gasteiger partial charge in [0.1, 0.15) is 5.75 Å². The Bertz CT molecular complexity index is 700. The summed E-state index contributed by atoms with van der Waals surface area (Å²) in [7, 11) is 0. The smallest absolute Gasteiger partial charge is 0.133 e. The maximum Gasteiger partial charge on any atom is 0.133 e. The minimum Gasteiger partial charge on any atom is -0.506 e. The Hall–Kier alpha value is -1.74. The fraction of sp³-hybridized carbons (Fsp3) is 0.0769. The zero-order chi connectivity index (χ0) is 11.3. The third-order valence-corrected chi connectivity index (χ3v) is 4.07. The van der Waals surface area contributed by atoms with Gasteiger partial charge in [0.25, 0.3) is 0 Å². The predicted molar refractivity (Wildman–Crippen MR) is 70.1 cm³/mol. The van der Waals surface area contributed by atoms with Gasteiger partial charge in [-0.15, -0.1) is 11.3 Å². The number of aryl methyl sites for hydroxylation is 1. The van der Waals surface area contributed by atoms with Crippen LogP contribution in [0.4, 0.5) is 5.69 Å². The van der Waals surface area contributed by atoms with Gasteiger partial charge in [0.05, 0.1) is 4.70 Å². The number of anilines is 1. The molecule has 0 aliphatic heterocycles. The van der Waals surface area contributed by atoms with E-state index in [0.717, 1.165) is 31.4 Å². The van der Waals surface area contributed by atoms with Crippen LogP contribution in [0.15, 0.2) is 30.3 Å². The van der Waals surface area contributed by atoms with Gasteiger partial charge < -0.3 is 10.8 Å². The second kappa shape index (κ2) is 3.12. The van der Waals surface area contributed by atoms with Crippen LogP contribution in [0.5, 0.6) is 5.75 Å². The lowest BCUT2D eigenvalue weighted by Gasteiger charge is -2.04. The van der Waals surface area contributed by atoms with Crippen LogP contribution in [0.2, 0.25) is 0 Å². The topological polar surface area (TPSA) is 46.2 Å². The summed E-state index contributed by atoms with van der Waals surface area (Å²) >= 11 is 1.58. The molecule has 3 N–H and O–H groups in total. The molecule has 0 spiro atoms. The molecule has 1 heterocycles. The summed E-state index contributed by atoms with van der Waals surface area (Å²) in [5, 5.41) is 12.0. The van der Waals surface area contributed by atoms with Crippen LogP contribution in [0.1, 0.15) is 5.56 Å². The molecule has 80 valence electrons. The van der Waals surface area contributed by atoms with Crippen LogP contribution >= 0.6 is 11.3 Å². The summed E-state index contributed by atoms with van der Waals surface area (Å²) in [6, 6.07) is 9.82. The highest BCUT2D eigenvalue weighted by Gasteiger charge is 2.12. The summed E-state index contributed by atoms with van der Waals surface area (Å²) in [5.41, 5.74) is 7.79. The monoisotopic (exact) mass is 229 g/mol. The van der Waals surface area contributed by atoms with Crippen molar-refractivity contribution in [1.82, 2.24) is 0 Å². The summed E-state index contributed by atoms with van der Waals surface area (Å²) in [6.45, 7) is 1.92. The second-order valence-electron chi connectivity index (χ2n) is 3.93. The predicted octanol–water partition coefficient (Wildman–Crippen LogP) is 3.65. The van der Waals surface area contributed by atoms with Crippen molar-refractivity contribution in [1.29, 1.82) is 0 Å². The van der Waals surface area contributed by atoms with Crippen molar-refractivity contribution in [3.05, 3.63) is 35.9 Å². The molecule has 0 amide bonds. The maximum atomic E-state index is 9.93. The molecule has 3 heteroatoms. The van der Waals surface area contributed by atoms with Crippen LogP contribution < -0.4 is 5.73 Å². The van der Waals surface area contributed by atoms with E-state index in [1.165, 1.54) is 0 Å². The highest BCUT2D eigenvalue weighted by Crippen LogP contribution is 2.43. The molecular weight excluding hydrogens is 218 g/mol. The third kappa shape index (κ3) is 1.12. The summed E-state index contributed by atoms with van der Waals surface area (Å²) in [4.78, 5) is 0. The number of phenols is 1. The molecule has 16 heavy (non-hydrogen) atoms. The Balaban J connectivity index is 2.66.